The number of nitrogens with one attached hydrogen (secondary N) is 8. The van der Waals surface area contributed by atoms with E-state index in [4.69, 9.17) is 22.9 Å². The second-order valence-electron chi connectivity index (χ2n) is 17.6. The predicted molar refractivity (Wildman–Crippen MR) is 266 cm³/mol. The normalized spacial score (nSPS) is 15.1. The Kier molecular flexibility index (Phi) is 28.0. The van der Waals surface area contributed by atoms with Gasteiger partial charge < -0.3 is 75.7 Å². The second-order valence-corrected chi connectivity index (χ2v) is 18.0. The Morgan fingerprint density at radius 2 is 1.10 bits per heavy atom. The van der Waals surface area contributed by atoms with Gasteiger partial charge in [-0.3, -0.25) is 52.9 Å². The van der Waals surface area contributed by atoms with Crippen molar-refractivity contribution in [1.29, 1.82) is 0 Å². The van der Waals surface area contributed by atoms with Crippen molar-refractivity contribution < 1.29 is 63.0 Å². The Bertz CT molecular complexity index is 2070. The quantitative estimate of drug-likeness (QED) is 0.0140. The first-order valence-corrected chi connectivity index (χ1v) is 24.0. The molecular formula is C45H73N13O13S. The zero-order chi connectivity index (χ0) is 54.8. The van der Waals surface area contributed by atoms with Crippen molar-refractivity contribution in [3.63, 3.8) is 0 Å². The number of thiol groups is 1. The number of benzene rings is 1. The molecule has 0 aliphatic rings. The summed E-state index contributed by atoms with van der Waals surface area (Å²) in [5.41, 5.74) is 22.4. The average molecular weight is 1040 g/mol. The Morgan fingerprint density at radius 1 is 0.611 bits per heavy atom. The minimum Gasteiger partial charge on any atom is -0.481 e. The van der Waals surface area contributed by atoms with E-state index in [2.05, 4.69) is 60.2 Å². The molecule has 26 nitrogen and oxygen atoms in total. The number of rotatable bonds is 33. The van der Waals surface area contributed by atoms with Crippen molar-refractivity contribution in [2.75, 3.05) is 12.3 Å². The Labute approximate surface area is 423 Å². The zero-order valence-corrected chi connectivity index (χ0v) is 42.3. The smallest absolute Gasteiger partial charge is 0.326 e. The zero-order valence-electron chi connectivity index (χ0n) is 41.4. The highest BCUT2D eigenvalue weighted by molar-refractivity contribution is 7.80. The fourth-order valence-electron chi connectivity index (χ4n) is 6.67. The number of primary amides is 1. The summed E-state index contributed by atoms with van der Waals surface area (Å²) in [6, 6.07) is -4.16. The number of hydrogen-bond donors (Lipinski definition) is 15. The maximum atomic E-state index is 14.1. The number of nitrogens with two attached hydrogens (primary N) is 4. The number of aliphatic imine (C=N–C) groups is 1. The topological polar surface area (TPSA) is 441 Å². The predicted octanol–water partition coefficient (Wildman–Crippen LogP) is -3.63. The number of hydrogen-bond acceptors (Lipinski definition) is 14. The number of carboxylic acid groups (broad SMARTS) is 2. The number of carbonyl (C=O) groups excluding carboxylic acids is 9. The molecule has 0 bridgehead atoms. The highest BCUT2D eigenvalue weighted by Gasteiger charge is 2.35. The summed E-state index contributed by atoms with van der Waals surface area (Å²) in [7, 11) is 0. The van der Waals surface area contributed by atoms with Crippen molar-refractivity contribution >= 4 is 83.7 Å². The number of nitrogens with zero attached hydrogens (tertiary/aromatic N) is 1. The highest BCUT2D eigenvalue weighted by atomic mass is 32.1. The van der Waals surface area contributed by atoms with Crippen LogP contribution in [0.4, 0.5) is 0 Å². The van der Waals surface area contributed by atoms with E-state index >= 15 is 0 Å². The van der Waals surface area contributed by atoms with Crippen LogP contribution < -0.4 is 65.5 Å². The molecule has 1 rings (SSSR count). The Hall–Kier alpha value is -7.03. The molecule has 0 heterocycles. The van der Waals surface area contributed by atoms with Gasteiger partial charge in [0.05, 0.1) is 12.5 Å². The van der Waals surface area contributed by atoms with Gasteiger partial charge in [0.1, 0.15) is 48.3 Å². The van der Waals surface area contributed by atoms with Crippen LogP contribution in [0, 0.1) is 11.8 Å². The molecule has 1 aromatic rings. The molecule has 0 saturated heterocycles. The van der Waals surface area contributed by atoms with Gasteiger partial charge in [0, 0.05) is 25.1 Å². The van der Waals surface area contributed by atoms with Gasteiger partial charge in [-0.1, -0.05) is 64.4 Å². The summed E-state index contributed by atoms with van der Waals surface area (Å²) in [6.45, 7) is 9.54. The van der Waals surface area contributed by atoms with Crippen LogP contribution in [0.5, 0.6) is 0 Å². The van der Waals surface area contributed by atoms with Crippen LogP contribution in [-0.4, -0.2) is 148 Å². The molecule has 402 valence electrons. The molecule has 0 aliphatic carbocycles. The van der Waals surface area contributed by atoms with Crippen LogP contribution in [0.1, 0.15) is 92.1 Å². The van der Waals surface area contributed by atoms with Gasteiger partial charge in [0.2, 0.25) is 53.2 Å². The first-order chi connectivity index (χ1) is 33.7. The summed E-state index contributed by atoms with van der Waals surface area (Å²) in [5, 5.41) is 38.9. The molecule has 18 N–H and O–H groups in total. The minimum atomic E-state index is -1.80. The average Bonchev–Trinajstić information content (AvgIpc) is 3.30. The van der Waals surface area contributed by atoms with Gasteiger partial charge in [0.25, 0.3) is 0 Å². The third kappa shape index (κ3) is 23.7. The van der Waals surface area contributed by atoms with Gasteiger partial charge in [0.15, 0.2) is 5.96 Å². The lowest BCUT2D eigenvalue weighted by Crippen LogP contribution is -2.60. The van der Waals surface area contributed by atoms with Crippen molar-refractivity contribution in [1.82, 2.24) is 42.5 Å². The van der Waals surface area contributed by atoms with Crippen molar-refractivity contribution in [2.24, 2.45) is 39.8 Å². The van der Waals surface area contributed by atoms with Gasteiger partial charge in [-0.2, -0.15) is 12.6 Å². The number of carbonyl (C=O) groups is 11. The van der Waals surface area contributed by atoms with Crippen LogP contribution in [0.2, 0.25) is 0 Å². The molecule has 72 heavy (non-hydrogen) atoms. The second kappa shape index (κ2) is 32.0. The molecule has 0 unspecified atom stereocenters. The van der Waals surface area contributed by atoms with E-state index in [9.17, 15) is 63.0 Å². The molecule has 1 aromatic carbocycles. The molecule has 0 spiro atoms. The number of guanidine groups is 1. The lowest BCUT2D eigenvalue weighted by Gasteiger charge is -2.27. The fraction of sp³-hybridized carbons (Fsp3) is 0.600. The van der Waals surface area contributed by atoms with Gasteiger partial charge in [-0.25, -0.2) is 4.79 Å². The van der Waals surface area contributed by atoms with Gasteiger partial charge >= 0.3 is 11.9 Å². The SMILES string of the molecule is CC[C@H](C)[C@H](NC(=O)[C@H](CCCN=C(N)N)NC(=O)[C@H](Cc1ccccc1)NC(=O)[C@H](CS)NC(=O)[C@H](C)NC(=O)[C@H](CCC(N)=O)NC(=O)[C@H](CC(=O)O)NC(=O)[C@H](CC(C)C)NC(=O)[C@H](C)N)C(=O)O. The lowest BCUT2D eigenvalue weighted by atomic mass is 9.98. The minimum absolute atomic E-state index is 0.0481. The first kappa shape index (κ1) is 63.0. The number of aliphatic carboxylic acids is 2. The van der Waals surface area contributed by atoms with E-state index in [0.29, 0.717) is 12.0 Å². The molecule has 27 heteroatoms. The highest BCUT2D eigenvalue weighted by Crippen LogP contribution is 2.12. The van der Waals surface area contributed by atoms with E-state index in [1.54, 1.807) is 58.0 Å². The standard InChI is InChI=1S/C45H73N13O13S/c1-7-23(4)35(44(70)71)58-39(65)27(14-11-17-50-45(48)49)52-41(67)30(19-26-12-9-8-10-13-26)55-43(69)32(21-72)57-37(63)25(6)51-38(64)28(15-16-33(47)59)53-42(68)31(20-34(60)61)56-40(66)29(18-22(2)3)54-36(62)24(5)46/h8-10,12-13,22-25,27-32,35,72H,7,11,14-21,46H2,1-6H3,(H2,47,59)(H,51,64)(H,52,67)(H,53,68)(H,54,62)(H,55,69)(H,56,66)(H,57,63)(H,58,65)(H,60,61)(H,70,71)(H4,48,49,50)/t23-,24-,25-,27-,28-,29-,30-,31-,32-,35-/m0/s1. The molecule has 0 aliphatic heterocycles. The third-order valence-electron chi connectivity index (χ3n) is 10.9. The summed E-state index contributed by atoms with van der Waals surface area (Å²) >= 11 is 4.21. The number of carboxylic acids is 2. The molecule has 0 aromatic heterocycles. The van der Waals surface area contributed by atoms with E-state index in [1.807, 2.05) is 0 Å². The molecule has 9 amide bonds. The van der Waals surface area contributed by atoms with Gasteiger partial charge in [-0.15, -0.1) is 0 Å². The molecular weight excluding hydrogens is 963 g/mol. The Morgan fingerprint density at radius 3 is 1.61 bits per heavy atom. The van der Waals surface area contributed by atoms with Gasteiger partial charge in [-0.05, 0) is 56.9 Å². The van der Waals surface area contributed by atoms with Crippen molar-refractivity contribution in [3.8, 4) is 0 Å². The molecule has 0 radical (unpaired) electrons. The summed E-state index contributed by atoms with van der Waals surface area (Å²) in [6.07, 6.45) is -1.40. The summed E-state index contributed by atoms with van der Waals surface area (Å²) in [4.78, 5) is 147. The van der Waals surface area contributed by atoms with E-state index in [1.165, 1.54) is 13.8 Å². The maximum absolute atomic E-state index is 14.1. The molecule has 0 fully saturated rings. The molecule has 0 saturated carbocycles. The van der Waals surface area contributed by atoms with Crippen LogP contribution in [0.3, 0.4) is 0 Å². The van der Waals surface area contributed by atoms with Crippen molar-refractivity contribution in [2.45, 2.75) is 147 Å². The van der Waals surface area contributed by atoms with Crippen LogP contribution in [-0.2, 0) is 59.2 Å². The van der Waals surface area contributed by atoms with Crippen LogP contribution in [0.25, 0.3) is 0 Å². The first-order valence-electron chi connectivity index (χ1n) is 23.3. The van der Waals surface area contributed by atoms with E-state index in [-0.39, 0.29) is 49.9 Å². The van der Waals surface area contributed by atoms with Crippen molar-refractivity contribution in [3.05, 3.63) is 35.9 Å². The Balaban J connectivity index is 3.37. The summed E-state index contributed by atoms with van der Waals surface area (Å²) < 4.78 is 0. The monoisotopic (exact) mass is 1040 g/mol. The summed E-state index contributed by atoms with van der Waals surface area (Å²) in [5.74, 6) is -12.3. The van der Waals surface area contributed by atoms with Crippen LogP contribution in [0.15, 0.2) is 35.3 Å². The van der Waals surface area contributed by atoms with E-state index in [0.717, 1.165) is 0 Å². The van der Waals surface area contributed by atoms with E-state index < -0.39 is 145 Å². The fourth-order valence-corrected chi connectivity index (χ4v) is 6.93. The maximum Gasteiger partial charge on any atom is 0.326 e. The largest absolute Gasteiger partial charge is 0.481 e. The third-order valence-corrected chi connectivity index (χ3v) is 11.3. The molecule has 10 atom stereocenters. The van der Waals surface area contributed by atoms with Crippen LogP contribution >= 0.6 is 12.6 Å². The number of amides is 9. The lowest BCUT2D eigenvalue weighted by molar-refractivity contribution is -0.144.